The van der Waals surface area contributed by atoms with Crippen molar-refractivity contribution in [3.8, 4) is 0 Å². The van der Waals surface area contributed by atoms with Crippen LogP contribution in [0.1, 0.15) is 309 Å². The van der Waals surface area contributed by atoms with Crippen molar-refractivity contribution in [1.29, 1.82) is 0 Å². The molecule has 97 heavy (non-hydrogen) atoms. The minimum atomic E-state index is -1.97. The van der Waals surface area contributed by atoms with Crippen molar-refractivity contribution in [3.05, 3.63) is 48.6 Å². The molecule has 0 bridgehead atoms. The fourth-order valence-electron chi connectivity index (χ4n) is 13.4. The number of allylic oxidation sites excluding steroid dienone is 8. The van der Waals surface area contributed by atoms with E-state index in [9.17, 15) is 61.0 Å². The fourth-order valence-corrected chi connectivity index (χ4v) is 13.4. The molecule has 3 aliphatic heterocycles. The van der Waals surface area contributed by atoms with E-state index in [4.69, 9.17) is 28.4 Å². The van der Waals surface area contributed by atoms with Gasteiger partial charge in [-0.05, 0) is 51.4 Å². The highest BCUT2D eigenvalue weighted by atomic mass is 16.8. The first-order chi connectivity index (χ1) is 47.3. The van der Waals surface area contributed by atoms with E-state index in [-0.39, 0.29) is 18.9 Å². The SMILES string of the molecule is CC/C=C\C/C=C\C/C=C\C/C=C\CCCCCCCCCCCCCCCCCCC(=O)NC(COC1OC(CO)C(OC2OC(CO)C(OC3OC(CO)C(O)C(O)C3O)C(O)C2O)C(O)C1O)C(O)CCCCCCCCCCCCCCCCCCCCCCCCC. The van der Waals surface area contributed by atoms with Crippen molar-refractivity contribution in [1.82, 2.24) is 5.32 Å². The molecule has 3 aliphatic rings. The van der Waals surface area contributed by atoms with Crippen molar-refractivity contribution in [2.45, 2.75) is 413 Å². The van der Waals surface area contributed by atoms with Gasteiger partial charge in [-0.1, -0.05) is 300 Å². The minimum absolute atomic E-state index is 0.239. The third-order valence-electron chi connectivity index (χ3n) is 19.7. The van der Waals surface area contributed by atoms with Crippen LogP contribution in [0, 0.1) is 0 Å². The van der Waals surface area contributed by atoms with Crippen LogP contribution >= 0.6 is 0 Å². The lowest BCUT2D eigenvalue weighted by molar-refractivity contribution is -0.379. The molecule has 0 aromatic carbocycles. The molecular formula is C78H143NO18. The molecule has 3 heterocycles. The van der Waals surface area contributed by atoms with E-state index < -0.39 is 124 Å². The van der Waals surface area contributed by atoms with Crippen LogP contribution in [0.4, 0.5) is 0 Å². The number of carbonyl (C=O) groups is 1. The number of nitrogens with one attached hydrogen (secondary N) is 1. The smallest absolute Gasteiger partial charge is 0.220 e. The summed E-state index contributed by atoms with van der Waals surface area (Å²) in [6.45, 7) is 1.73. The Balaban J connectivity index is 1.37. The largest absolute Gasteiger partial charge is 0.394 e. The van der Waals surface area contributed by atoms with E-state index in [1.165, 1.54) is 205 Å². The zero-order chi connectivity index (χ0) is 70.4. The topological polar surface area (TPSA) is 307 Å². The third-order valence-corrected chi connectivity index (χ3v) is 19.7. The highest BCUT2D eigenvalue weighted by molar-refractivity contribution is 5.76. The predicted octanol–water partition coefficient (Wildman–Crippen LogP) is 12.5. The van der Waals surface area contributed by atoms with Gasteiger partial charge in [0.2, 0.25) is 5.91 Å². The van der Waals surface area contributed by atoms with Crippen molar-refractivity contribution in [2.24, 2.45) is 0 Å². The molecule has 19 nitrogen and oxygen atoms in total. The van der Waals surface area contributed by atoms with E-state index in [0.717, 1.165) is 70.6 Å². The Morgan fingerprint density at radius 1 is 0.381 bits per heavy atom. The summed E-state index contributed by atoms with van der Waals surface area (Å²) in [5.74, 6) is -0.239. The molecule has 568 valence electrons. The van der Waals surface area contributed by atoms with Gasteiger partial charge in [0.1, 0.15) is 73.2 Å². The molecule has 12 N–H and O–H groups in total. The summed E-state index contributed by atoms with van der Waals surface area (Å²) in [6, 6.07) is -0.889. The lowest BCUT2D eigenvalue weighted by Gasteiger charge is -2.48. The van der Waals surface area contributed by atoms with Crippen LogP contribution in [0.3, 0.4) is 0 Å². The Labute approximate surface area is 586 Å². The van der Waals surface area contributed by atoms with Gasteiger partial charge in [0.05, 0.1) is 38.6 Å². The van der Waals surface area contributed by atoms with Gasteiger partial charge >= 0.3 is 0 Å². The third kappa shape index (κ3) is 39.8. The Bertz CT molecular complexity index is 1940. The van der Waals surface area contributed by atoms with E-state index in [2.05, 4.69) is 67.8 Å². The Kier molecular flexibility index (Phi) is 54.3. The van der Waals surface area contributed by atoms with Crippen LogP contribution in [-0.2, 0) is 33.2 Å². The standard InChI is InChI=1S/C78H143NO18/c1-3-5-7-9-11-13-15-17-19-21-23-25-27-28-29-30-31-32-34-36-38-40-42-44-46-48-50-52-54-56-66(84)79-61(62(83)55-53-51-49-47-45-43-41-39-37-35-33-26-24-22-20-18-16-14-12-10-8-6-4-2)60-92-76-72(90)69(87)74(64(58-81)94-76)97-78-73(91)70(88)75(65(59-82)95-78)96-77-71(89)68(86)67(85)63(57-80)93-77/h5,7,11,13,17,19,23,25,61-65,67-78,80-83,85-91H,3-4,6,8-10,12,14-16,18,20-22,24,26-60H2,1-2H3,(H,79,84)/b7-5-,13-11-,19-17-,25-23-. The maximum Gasteiger partial charge on any atom is 0.220 e. The first kappa shape index (κ1) is 89.0. The van der Waals surface area contributed by atoms with Crippen molar-refractivity contribution < 1.29 is 89.4 Å². The average Bonchev–Trinajstić information content (AvgIpc) is 0.789. The number of aliphatic hydroxyl groups excluding tert-OH is 11. The average molecular weight is 1380 g/mol. The van der Waals surface area contributed by atoms with Crippen LogP contribution in [0.15, 0.2) is 48.6 Å². The maximum absolute atomic E-state index is 13.5. The van der Waals surface area contributed by atoms with Crippen molar-refractivity contribution in [2.75, 3.05) is 26.4 Å². The van der Waals surface area contributed by atoms with E-state index in [1.807, 2.05) is 0 Å². The molecule has 17 unspecified atom stereocenters. The lowest BCUT2D eigenvalue weighted by Crippen LogP contribution is -2.66. The van der Waals surface area contributed by atoms with Gasteiger partial charge in [-0.15, -0.1) is 0 Å². The monoisotopic (exact) mass is 1380 g/mol. The van der Waals surface area contributed by atoms with E-state index in [1.54, 1.807) is 0 Å². The number of hydrogen-bond acceptors (Lipinski definition) is 18. The molecule has 3 fully saturated rings. The second-order valence-electron chi connectivity index (χ2n) is 28.2. The Hall–Kier alpha value is -2.25. The number of rotatable bonds is 62. The van der Waals surface area contributed by atoms with Gasteiger partial charge in [-0.3, -0.25) is 4.79 Å². The maximum atomic E-state index is 13.5. The molecule has 0 spiro atoms. The van der Waals surface area contributed by atoms with Gasteiger partial charge in [0, 0.05) is 6.42 Å². The summed E-state index contributed by atoms with van der Waals surface area (Å²) >= 11 is 0. The zero-order valence-electron chi connectivity index (χ0n) is 60.6. The van der Waals surface area contributed by atoms with Crippen LogP contribution < -0.4 is 5.32 Å². The fraction of sp³-hybridized carbons (Fsp3) is 0.885. The number of hydrogen-bond donors (Lipinski definition) is 12. The number of aliphatic hydroxyl groups is 11. The molecule has 0 radical (unpaired) electrons. The molecule has 3 saturated heterocycles. The molecule has 17 atom stereocenters. The number of ether oxygens (including phenoxy) is 6. The second-order valence-corrected chi connectivity index (χ2v) is 28.2. The Morgan fingerprint density at radius 2 is 0.711 bits per heavy atom. The summed E-state index contributed by atoms with van der Waals surface area (Å²) in [7, 11) is 0. The highest BCUT2D eigenvalue weighted by Gasteiger charge is 2.54. The molecule has 0 aliphatic carbocycles. The van der Waals surface area contributed by atoms with Gasteiger partial charge in [0.25, 0.3) is 0 Å². The highest BCUT2D eigenvalue weighted by Crippen LogP contribution is 2.33. The van der Waals surface area contributed by atoms with Crippen molar-refractivity contribution in [3.63, 3.8) is 0 Å². The molecule has 3 rings (SSSR count). The normalized spacial score (nSPS) is 27.1. The molecule has 0 aromatic heterocycles. The number of amides is 1. The molecule has 0 aromatic rings. The first-order valence-corrected chi connectivity index (χ1v) is 39.4. The van der Waals surface area contributed by atoms with Gasteiger partial charge in [0.15, 0.2) is 18.9 Å². The summed E-state index contributed by atoms with van der Waals surface area (Å²) in [6.07, 6.45) is 46.2. The van der Waals surface area contributed by atoms with Crippen LogP contribution in [0.2, 0.25) is 0 Å². The lowest BCUT2D eigenvalue weighted by atomic mass is 9.96. The summed E-state index contributed by atoms with van der Waals surface area (Å²) in [5, 5.41) is 121. The van der Waals surface area contributed by atoms with E-state index >= 15 is 0 Å². The summed E-state index contributed by atoms with van der Waals surface area (Å²) in [5.41, 5.74) is 0. The summed E-state index contributed by atoms with van der Waals surface area (Å²) < 4.78 is 34.5. The van der Waals surface area contributed by atoms with Gasteiger partial charge < -0.3 is 89.9 Å². The zero-order valence-corrected chi connectivity index (χ0v) is 60.6. The van der Waals surface area contributed by atoms with Crippen LogP contribution in [0.5, 0.6) is 0 Å². The predicted molar refractivity (Wildman–Crippen MR) is 383 cm³/mol. The van der Waals surface area contributed by atoms with E-state index in [0.29, 0.717) is 12.8 Å². The van der Waals surface area contributed by atoms with Crippen LogP contribution in [-0.4, -0.2) is 193 Å². The second kappa shape index (κ2) is 59.2. The van der Waals surface area contributed by atoms with Crippen molar-refractivity contribution >= 4 is 5.91 Å². The van der Waals surface area contributed by atoms with Crippen LogP contribution in [0.25, 0.3) is 0 Å². The first-order valence-electron chi connectivity index (χ1n) is 39.4. The number of carbonyl (C=O) groups excluding carboxylic acids is 1. The molecule has 0 saturated carbocycles. The van der Waals surface area contributed by atoms with Gasteiger partial charge in [-0.2, -0.15) is 0 Å². The molecule has 19 heteroatoms. The molecule has 1 amide bonds. The van der Waals surface area contributed by atoms with Gasteiger partial charge in [-0.25, -0.2) is 0 Å². The summed E-state index contributed by atoms with van der Waals surface area (Å²) in [4.78, 5) is 13.5. The quantitative estimate of drug-likeness (QED) is 0.0199. The minimum Gasteiger partial charge on any atom is -0.394 e. The number of unbranched alkanes of at least 4 members (excludes halogenated alkanes) is 38. The Morgan fingerprint density at radius 3 is 1.11 bits per heavy atom. The molecular weight excluding hydrogens is 1240 g/mol.